The van der Waals surface area contributed by atoms with Crippen molar-refractivity contribution in [3.63, 3.8) is 0 Å². The molecule has 141 valence electrons. The van der Waals surface area contributed by atoms with Gasteiger partial charge >= 0.3 is 0 Å². The van der Waals surface area contributed by atoms with Crippen molar-refractivity contribution in [2.45, 2.75) is 39.4 Å². The molecule has 0 saturated carbocycles. The van der Waals surface area contributed by atoms with Crippen LogP contribution in [0.5, 0.6) is 0 Å². The van der Waals surface area contributed by atoms with Gasteiger partial charge in [-0.3, -0.25) is 4.98 Å². The summed E-state index contributed by atoms with van der Waals surface area (Å²) in [5.74, 6) is -0.236. The van der Waals surface area contributed by atoms with E-state index >= 15 is 0 Å². The SMILES string of the molecule is CC(O)CC(C)O.Cc1cc[c-]c(-c2ccc3c(F)cccc3n2)c1.[Ir]. The normalized spacial score (nSPS) is 12.5. The Morgan fingerprint density at radius 3 is 2.35 bits per heavy atom. The summed E-state index contributed by atoms with van der Waals surface area (Å²) in [7, 11) is 0. The zero-order valence-electron chi connectivity index (χ0n) is 15.0. The van der Waals surface area contributed by atoms with Crippen LogP contribution in [0.1, 0.15) is 25.8 Å². The number of nitrogens with zero attached hydrogens (tertiary/aromatic N) is 1. The maximum Gasteiger partial charge on any atom is 0.132 e. The largest absolute Gasteiger partial charge is 0.393 e. The fourth-order valence-electron chi connectivity index (χ4n) is 2.49. The second-order valence-electron chi connectivity index (χ2n) is 6.22. The van der Waals surface area contributed by atoms with Crippen LogP contribution in [0, 0.1) is 18.8 Å². The first kappa shape index (κ1) is 22.4. The Labute approximate surface area is 167 Å². The first-order chi connectivity index (χ1) is 11.9. The first-order valence-electron chi connectivity index (χ1n) is 8.27. The van der Waals surface area contributed by atoms with Crippen LogP contribution < -0.4 is 0 Å². The Morgan fingerprint density at radius 1 is 1.08 bits per heavy atom. The minimum absolute atomic E-state index is 0. The molecule has 0 aliphatic carbocycles. The molecule has 2 atom stereocenters. The third-order valence-electron chi connectivity index (χ3n) is 3.59. The maximum absolute atomic E-state index is 13.5. The van der Waals surface area contributed by atoms with Crippen molar-refractivity contribution in [3.8, 4) is 11.3 Å². The number of aromatic nitrogens is 1. The van der Waals surface area contributed by atoms with E-state index in [4.69, 9.17) is 10.2 Å². The van der Waals surface area contributed by atoms with Gasteiger partial charge in [-0.2, -0.15) is 0 Å². The van der Waals surface area contributed by atoms with E-state index in [1.807, 2.05) is 37.3 Å². The summed E-state index contributed by atoms with van der Waals surface area (Å²) in [5, 5.41) is 17.7. The summed E-state index contributed by atoms with van der Waals surface area (Å²) in [6.07, 6.45) is -0.278. The Kier molecular flexibility index (Phi) is 9.03. The zero-order chi connectivity index (χ0) is 18.4. The monoisotopic (exact) mass is 533 g/mol. The minimum atomic E-state index is -0.375. The number of hydrogen-bond acceptors (Lipinski definition) is 3. The fourth-order valence-corrected chi connectivity index (χ4v) is 2.49. The predicted octanol–water partition coefficient (Wildman–Crippen LogP) is 4.29. The van der Waals surface area contributed by atoms with Crippen molar-refractivity contribution in [2.75, 3.05) is 0 Å². The van der Waals surface area contributed by atoms with Crippen molar-refractivity contribution in [2.24, 2.45) is 0 Å². The van der Waals surface area contributed by atoms with E-state index < -0.39 is 0 Å². The van der Waals surface area contributed by atoms with Gasteiger partial charge in [-0.1, -0.05) is 25.1 Å². The number of rotatable bonds is 3. The molecule has 2 unspecified atom stereocenters. The molecule has 3 nitrogen and oxygen atoms in total. The number of hydrogen-bond donors (Lipinski definition) is 2. The Hall–Kier alpha value is -1.65. The van der Waals surface area contributed by atoms with Crippen molar-refractivity contribution in [3.05, 3.63) is 66.0 Å². The van der Waals surface area contributed by atoms with Gasteiger partial charge < -0.3 is 10.2 Å². The van der Waals surface area contributed by atoms with Gasteiger partial charge in [0.05, 0.1) is 17.7 Å². The quantitative estimate of drug-likeness (QED) is 0.495. The molecule has 2 aromatic carbocycles. The second-order valence-corrected chi connectivity index (χ2v) is 6.22. The number of pyridine rings is 1. The van der Waals surface area contributed by atoms with Gasteiger partial charge in [0, 0.05) is 25.5 Å². The molecule has 1 heterocycles. The van der Waals surface area contributed by atoms with Crippen LogP contribution in [0.25, 0.3) is 22.2 Å². The molecular weight excluding hydrogens is 509 g/mol. The zero-order valence-corrected chi connectivity index (χ0v) is 17.4. The molecule has 2 N–H and O–H groups in total. The van der Waals surface area contributed by atoms with Crippen LogP contribution in [0.3, 0.4) is 0 Å². The van der Waals surface area contributed by atoms with Crippen LogP contribution in [-0.4, -0.2) is 27.4 Å². The molecule has 0 aliphatic rings. The van der Waals surface area contributed by atoms with Gasteiger partial charge in [0.1, 0.15) is 5.82 Å². The van der Waals surface area contributed by atoms with Crippen LogP contribution >= 0.6 is 0 Å². The van der Waals surface area contributed by atoms with Gasteiger partial charge in [-0.25, -0.2) is 4.39 Å². The average molecular weight is 533 g/mol. The first-order valence-corrected chi connectivity index (χ1v) is 8.27. The molecule has 0 amide bonds. The predicted molar refractivity (Wildman–Crippen MR) is 98.7 cm³/mol. The molecule has 1 aromatic heterocycles. The molecule has 26 heavy (non-hydrogen) atoms. The standard InChI is InChI=1S/C16H11FN.C5H12O2.Ir/c1-11-4-2-5-12(10-11)15-9-8-13-14(17)6-3-7-16(13)18-15;1-4(6)3-5(2)7;/h2-4,6-10H,1H3;4-7H,3H2,1-2H3;/q-1;;. The molecule has 0 aliphatic heterocycles. The molecule has 3 rings (SSSR count). The van der Waals surface area contributed by atoms with Crippen LogP contribution in [0.15, 0.2) is 48.5 Å². The van der Waals surface area contributed by atoms with E-state index in [1.54, 1.807) is 26.0 Å². The second kappa shape index (κ2) is 10.5. The van der Waals surface area contributed by atoms with Gasteiger partial charge in [0.25, 0.3) is 0 Å². The third-order valence-corrected chi connectivity index (χ3v) is 3.59. The minimum Gasteiger partial charge on any atom is -0.393 e. The smallest absolute Gasteiger partial charge is 0.132 e. The topological polar surface area (TPSA) is 53.4 Å². The number of aliphatic hydroxyl groups excluding tert-OH is 2. The molecule has 5 heteroatoms. The molecule has 3 aromatic rings. The average Bonchev–Trinajstić information content (AvgIpc) is 2.54. The van der Waals surface area contributed by atoms with Crippen LogP contribution in [0.2, 0.25) is 0 Å². The molecular formula is C21H23FIrNO2-. The Balaban J connectivity index is 0.000000366. The number of aliphatic hydroxyl groups is 2. The van der Waals surface area contributed by atoms with Gasteiger partial charge in [-0.15, -0.1) is 35.4 Å². The summed E-state index contributed by atoms with van der Waals surface area (Å²) in [4.78, 5) is 4.48. The van der Waals surface area contributed by atoms with Crippen LogP contribution in [-0.2, 0) is 20.1 Å². The van der Waals surface area contributed by atoms with E-state index in [1.165, 1.54) is 6.07 Å². The van der Waals surface area contributed by atoms with Crippen LogP contribution in [0.4, 0.5) is 4.39 Å². The van der Waals surface area contributed by atoms with Crippen molar-refractivity contribution in [1.82, 2.24) is 4.98 Å². The molecule has 0 fully saturated rings. The van der Waals surface area contributed by atoms with Gasteiger partial charge in [0.15, 0.2) is 0 Å². The van der Waals surface area contributed by atoms with Crippen molar-refractivity contribution < 1.29 is 34.7 Å². The van der Waals surface area contributed by atoms with E-state index in [-0.39, 0.29) is 38.1 Å². The summed E-state index contributed by atoms with van der Waals surface area (Å²) in [6, 6.07) is 17.6. The van der Waals surface area contributed by atoms with Crippen molar-refractivity contribution >= 4 is 10.9 Å². The fraction of sp³-hybridized carbons (Fsp3) is 0.286. The van der Waals surface area contributed by atoms with Crippen molar-refractivity contribution in [1.29, 1.82) is 0 Å². The van der Waals surface area contributed by atoms with E-state index in [9.17, 15) is 4.39 Å². The summed E-state index contributed by atoms with van der Waals surface area (Å²) in [5.41, 5.74) is 3.57. The van der Waals surface area contributed by atoms with Gasteiger partial charge in [-0.05, 0) is 38.1 Å². The van der Waals surface area contributed by atoms with E-state index in [0.717, 1.165) is 16.8 Å². The summed E-state index contributed by atoms with van der Waals surface area (Å²) in [6.45, 7) is 5.34. The summed E-state index contributed by atoms with van der Waals surface area (Å²) >= 11 is 0. The Morgan fingerprint density at radius 2 is 1.77 bits per heavy atom. The molecule has 0 spiro atoms. The number of aryl methyl sites for hydroxylation is 1. The number of halogens is 1. The van der Waals surface area contributed by atoms with Gasteiger partial charge in [0.2, 0.25) is 0 Å². The Bertz CT molecular complexity index is 831. The number of benzene rings is 2. The van der Waals surface area contributed by atoms with E-state index in [2.05, 4.69) is 11.1 Å². The third kappa shape index (κ3) is 6.58. The summed E-state index contributed by atoms with van der Waals surface area (Å²) < 4.78 is 13.5. The molecule has 0 bridgehead atoms. The molecule has 1 radical (unpaired) electrons. The van der Waals surface area contributed by atoms with E-state index in [0.29, 0.717) is 17.3 Å². The maximum atomic E-state index is 13.5. The molecule has 0 saturated heterocycles. The number of fused-ring (bicyclic) bond motifs is 1.